The highest BCUT2D eigenvalue weighted by Gasteiger charge is 2.29. The van der Waals surface area contributed by atoms with Gasteiger partial charge in [-0.1, -0.05) is 12.1 Å². The molecule has 0 aliphatic carbocycles. The molecule has 0 radical (unpaired) electrons. The van der Waals surface area contributed by atoms with Gasteiger partial charge in [0.1, 0.15) is 17.7 Å². The fourth-order valence-corrected chi connectivity index (χ4v) is 2.23. The van der Waals surface area contributed by atoms with Gasteiger partial charge in [-0.3, -0.25) is 9.89 Å². The van der Waals surface area contributed by atoms with Gasteiger partial charge in [0.2, 0.25) is 0 Å². The van der Waals surface area contributed by atoms with Crippen molar-refractivity contribution in [3.8, 4) is 0 Å². The van der Waals surface area contributed by atoms with Gasteiger partial charge in [0.05, 0.1) is 13.2 Å². The highest BCUT2D eigenvalue weighted by atomic mass is 16.5. The number of rotatable bonds is 3. The number of nitrogens with zero attached hydrogens (tertiary/aromatic N) is 4. The van der Waals surface area contributed by atoms with Crippen LogP contribution in [-0.4, -0.2) is 50.8 Å². The summed E-state index contributed by atoms with van der Waals surface area (Å²) in [4.78, 5) is 18.4. The van der Waals surface area contributed by atoms with Crippen LogP contribution in [0.15, 0.2) is 10.6 Å². The van der Waals surface area contributed by atoms with E-state index in [4.69, 9.17) is 9.26 Å². The van der Waals surface area contributed by atoms with Crippen LogP contribution in [0.4, 0.5) is 0 Å². The van der Waals surface area contributed by atoms with Crippen molar-refractivity contribution in [3.05, 3.63) is 29.2 Å². The van der Waals surface area contributed by atoms with Crippen molar-refractivity contribution in [1.29, 1.82) is 0 Å². The molecule has 1 N–H and O–H groups in total. The maximum Gasteiger partial charge on any atom is 0.276 e. The van der Waals surface area contributed by atoms with Crippen LogP contribution in [0.3, 0.4) is 0 Å². The number of H-pyrrole nitrogens is 1. The SMILES string of the molecule is CCc1nc(C2CN(C(=O)c3cc(C)on3)CCO2)n[nH]1. The Balaban J connectivity index is 1.72. The van der Waals surface area contributed by atoms with E-state index in [-0.39, 0.29) is 12.0 Å². The molecule has 21 heavy (non-hydrogen) atoms. The van der Waals surface area contributed by atoms with Crippen LogP contribution in [0.5, 0.6) is 0 Å². The average Bonchev–Trinajstić information content (AvgIpc) is 3.15. The molecule has 1 amide bonds. The number of amides is 1. The molecular formula is C13H17N5O3. The second kappa shape index (κ2) is 5.65. The number of carbonyl (C=O) groups is 1. The van der Waals surface area contributed by atoms with Crippen LogP contribution in [0.2, 0.25) is 0 Å². The Morgan fingerprint density at radius 3 is 3.10 bits per heavy atom. The molecule has 0 aromatic carbocycles. The van der Waals surface area contributed by atoms with Gasteiger partial charge in [-0.05, 0) is 6.92 Å². The lowest BCUT2D eigenvalue weighted by atomic mass is 10.2. The van der Waals surface area contributed by atoms with Crippen LogP contribution in [-0.2, 0) is 11.2 Å². The quantitative estimate of drug-likeness (QED) is 0.901. The summed E-state index contributed by atoms with van der Waals surface area (Å²) in [5.74, 6) is 1.85. The summed E-state index contributed by atoms with van der Waals surface area (Å²) < 4.78 is 10.6. The lowest BCUT2D eigenvalue weighted by Gasteiger charge is -2.31. The Labute approximate surface area is 121 Å². The maximum atomic E-state index is 12.4. The number of aromatic amines is 1. The summed E-state index contributed by atoms with van der Waals surface area (Å²) in [5.41, 5.74) is 0.317. The minimum atomic E-state index is -0.313. The van der Waals surface area contributed by atoms with Crippen molar-refractivity contribution in [2.45, 2.75) is 26.4 Å². The van der Waals surface area contributed by atoms with E-state index in [0.29, 0.717) is 37.0 Å². The number of morpholine rings is 1. The lowest BCUT2D eigenvalue weighted by Crippen LogP contribution is -2.42. The summed E-state index contributed by atoms with van der Waals surface area (Å²) in [6, 6.07) is 1.63. The standard InChI is InChI=1S/C13H17N5O3/c1-3-11-14-12(16-15-11)10-7-18(4-5-20-10)13(19)9-6-8(2)21-17-9/h6,10H,3-5,7H2,1-2H3,(H,14,15,16). The molecule has 2 aromatic heterocycles. The normalized spacial score (nSPS) is 19.0. The monoisotopic (exact) mass is 291 g/mol. The summed E-state index contributed by atoms with van der Waals surface area (Å²) in [6.45, 7) is 5.13. The van der Waals surface area contributed by atoms with Crippen LogP contribution >= 0.6 is 0 Å². The zero-order valence-corrected chi connectivity index (χ0v) is 12.0. The molecule has 1 fully saturated rings. The number of aryl methyl sites for hydroxylation is 2. The van der Waals surface area contributed by atoms with E-state index < -0.39 is 0 Å². The molecule has 1 aliphatic rings. The Hall–Kier alpha value is -2.22. The fourth-order valence-electron chi connectivity index (χ4n) is 2.23. The molecule has 0 saturated carbocycles. The predicted octanol–water partition coefficient (Wildman–Crippen LogP) is 0.877. The molecule has 1 unspecified atom stereocenters. The Morgan fingerprint density at radius 2 is 2.43 bits per heavy atom. The number of ether oxygens (including phenoxy) is 1. The molecule has 1 aliphatic heterocycles. The third kappa shape index (κ3) is 2.80. The zero-order valence-electron chi connectivity index (χ0n) is 12.0. The molecule has 0 bridgehead atoms. The highest BCUT2D eigenvalue weighted by Crippen LogP contribution is 2.20. The first kappa shape index (κ1) is 13.7. The summed E-state index contributed by atoms with van der Waals surface area (Å²) >= 11 is 0. The third-order valence-corrected chi connectivity index (χ3v) is 3.37. The zero-order chi connectivity index (χ0) is 14.8. The van der Waals surface area contributed by atoms with E-state index in [0.717, 1.165) is 12.2 Å². The molecule has 8 nitrogen and oxygen atoms in total. The maximum absolute atomic E-state index is 12.4. The van der Waals surface area contributed by atoms with Crippen molar-refractivity contribution >= 4 is 5.91 Å². The first-order chi connectivity index (χ1) is 10.2. The van der Waals surface area contributed by atoms with Crippen molar-refractivity contribution < 1.29 is 14.1 Å². The molecule has 0 spiro atoms. The summed E-state index contributed by atoms with van der Waals surface area (Å²) in [7, 11) is 0. The predicted molar refractivity (Wildman–Crippen MR) is 71.6 cm³/mol. The number of hydrogen-bond acceptors (Lipinski definition) is 6. The molecular weight excluding hydrogens is 274 g/mol. The molecule has 3 heterocycles. The van der Waals surface area contributed by atoms with Crippen molar-refractivity contribution in [2.75, 3.05) is 19.7 Å². The molecule has 112 valence electrons. The van der Waals surface area contributed by atoms with Crippen molar-refractivity contribution in [1.82, 2.24) is 25.2 Å². The fraction of sp³-hybridized carbons (Fsp3) is 0.538. The molecule has 8 heteroatoms. The van der Waals surface area contributed by atoms with Crippen LogP contribution in [0, 0.1) is 6.92 Å². The Bertz CT molecular complexity index is 635. The van der Waals surface area contributed by atoms with Gasteiger partial charge < -0.3 is 14.2 Å². The van der Waals surface area contributed by atoms with Crippen LogP contribution in [0.25, 0.3) is 0 Å². The number of nitrogens with one attached hydrogen (secondary N) is 1. The van der Waals surface area contributed by atoms with E-state index in [2.05, 4.69) is 20.3 Å². The molecule has 2 aromatic rings. The second-order valence-electron chi connectivity index (χ2n) is 4.93. The van der Waals surface area contributed by atoms with E-state index in [1.807, 2.05) is 6.92 Å². The van der Waals surface area contributed by atoms with Gasteiger partial charge in [0.25, 0.3) is 5.91 Å². The number of hydrogen-bond donors (Lipinski definition) is 1. The molecule has 3 rings (SSSR count). The summed E-state index contributed by atoms with van der Waals surface area (Å²) in [5, 5.41) is 10.8. The minimum Gasteiger partial charge on any atom is -0.366 e. The van der Waals surface area contributed by atoms with Crippen molar-refractivity contribution in [2.24, 2.45) is 0 Å². The average molecular weight is 291 g/mol. The van der Waals surface area contributed by atoms with Gasteiger partial charge in [-0.2, -0.15) is 5.10 Å². The first-order valence-electron chi connectivity index (χ1n) is 6.92. The largest absolute Gasteiger partial charge is 0.366 e. The van der Waals surface area contributed by atoms with Crippen LogP contribution < -0.4 is 0 Å². The topological polar surface area (TPSA) is 97.1 Å². The van der Waals surface area contributed by atoms with Crippen LogP contribution in [0.1, 0.15) is 40.9 Å². The highest BCUT2D eigenvalue weighted by molar-refractivity contribution is 5.92. The molecule has 1 atom stereocenters. The van der Waals surface area contributed by atoms with Gasteiger partial charge in [-0.25, -0.2) is 4.98 Å². The number of aromatic nitrogens is 4. The minimum absolute atomic E-state index is 0.161. The third-order valence-electron chi connectivity index (χ3n) is 3.37. The van der Waals surface area contributed by atoms with E-state index in [1.165, 1.54) is 0 Å². The Kier molecular flexibility index (Phi) is 3.70. The van der Waals surface area contributed by atoms with Gasteiger partial charge >= 0.3 is 0 Å². The Morgan fingerprint density at radius 1 is 1.57 bits per heavy atom. The smallest absolute Gasteiger partial charge is 0.276 e. The lowest BCUT2D eigenvalue weighted by molar-refractivity contribution is -0.0269. The first-order valence-corrected chi connectivity index (χ1v) is 6.92. The van der Waals surface area contributed by atoms with Crippen molar-refractivity contribution in [3.63, 3.8) is 0 Å². The van der Waals surface area contributed by atoms with Gasteiger partial charge in [0, 0.05) is 19.0 Å². The van der Waals surface area contributed by atoms with E-state index >= 15 is 0 Å². The van der Waals surface area contributed by atoms with E-state index in [9.17, 15) is 4.79 Å². The second-order valence-corrected chi connectivity index (χ2v) is 4.93. The number of carbonyl (C=O) groups excluding carboxylic acids is 1. The van der Waals surface area contributed by atoms with E-state index in [1.54, 1.807) is 17.9 Å². The van der Waals surface area contributed by atoms with Gasteiger partial charge in [0.15, 0.2) is 11.5 Å². The van der Waals surface area contributed by atoms with Gasteiger partial charge in [-0.15, -0.1) is 0 Å². The molecule has 1 saturated heterocycles. The summed E-state index contributed by atoms with van der Waals surface area (Å²) in [6.07, 6.45) is 0.466.